The van der Waals surface area contributed by atoms with E-state index in [0.717, 1.165) is 23.9 Å². The van der Waals surface area contributed by atoms with Crippen molar-refractivity contribution in [1.29, 1.82) is 0 Å². The van der Waals surface area contributed by atoms with Crippen LogP contribution in [0.2, 0.25) is 0 Å². The van der Waals surface area contributed by atoms with E-state index in [1.807, 2.05) is 0 Å². The molecule has 142 valence electrons. The van der Waals surface area contributed by atoms with Gasteiger partial charge in [0.15, 0.2) is 16.7 Å². The average molecular weight is 394 g/mol. The maximum Gasteiger partial charge on any atom is 0.316 e. The van der Waals surface area contributed by atoms with E-state index in [4.69, 9.17) is 0 Å². The Bertz CT molecular complexity index is 929. The minimum absolute atomic E-state index is 0.0499. The summed E-state index contributed by atoms with van der Waals surface area (Å²) in [5, 5.41) is 4.74. The van der Waals surface area contributed by atoms with Crippen LogP contribution in [0.4, 0.5) is 15.9 Å². The monoisotopic (exact) mass is 394 g/mol. The molecule has 0 radical (unpaired) electrons. The maximum atomic E-state index is 13.0. The molecule has 1 aromatic heterocycles. The van der Waals surface area contributed by atoms with E-state index in [1.165, 1.54) is 26.2 Å². The van der Waals surface area contributed by atoms with E-state index >= 15 is 0 Å². The quantitative estimate of drug-likeness (QED) is 0.383. The highest BCUT2D eigenvalue weighted by atomic mass is 32.2. The lowest BCUT2D eigenvalue weighted by Crippen LogP contribution is -2.24. The lowest BCUT2D eigenvalue weighted by molar-refractivity contribution is -0.137. The number of methoxy groups -OCH3 is 1. The van der Waals surface area contributed by atoms with Crippen molar-refractivity contribution in [1.82, 2.24) is 9.97 Å². The first-order valence-corrected chi connectivity index (χ1v) is 8.47. The minimum Gasteiger partial charge on any atom is -0.468 e. The number of amides is 2. The van der Waals surface area contributed by atoms with Crippen molar-refractivity contribution in [2.75, 3.05) is 23.5 Å². The van der Waals surface area contributed by atoms with Crippen LogP contribution >= 0.6 is 11.8 Å². The molecule has 0 unspecified atom stereocenters. The molecule has 27 heavy (non-hydrogen) atoms. The van der Waals surface area contributed by atoms with Crippen molar-refractivity contribution in [3.63, 3.8) is 0 Å². The number of H-pyrrole nitrogens is 1. The summed E-state index contributed by atoms with van der Waals surface area (Å²) in [6, 6.07) is 4.67. The van der Waals surface area contributed by atoms with Crippen molar-refractivity contribution < 1.29 is 23.5 Å². The van der Waals surface area contributed by atoms with Gasteiger partial charge in [-0.1, -0.05) is 11.8 Å². The molecule has 1 aromatic carbocycles. The van der Waals surface area contributed by atoms with Gasteiger partial charge < -0.3 is 15.4 Å². The SMILES string of the molecule is COC(=O)CSc1nc(NC(C)=O)c(NC(=O)c2ccc(F)cc2)c(=O)[nH]1. The zero-order valence-electron chi connectivity index (χ0n) is 14.3. The van der Waals surface area contributed by atoms with Crippen LogP contribution in [0.15, 0.2) is 34.2 Å². The Hall–Kier alpha value is -3.21. The Labute approximate surface area is 156 Å². The summed E-state index contributed by atoms with van der Waals surface area (Å²) in [4.78, 5) is 53.6. The summed E-state index contributed by atoms with van der Waals surface area (Å²) < 4.78 is 17.5. The van der Waals surface area contributed by atoms with E-state index in [9.17, 15) is 23.6 Å². The number of rotatable bonds is 6. The molecule has 0 aliphatic heterocycles. The van der Waals surface area contributed by atoms with Gasteiger partial charge in [-0.15, -0.1) is 0 Å². The summed E-state index contributed by atoms with van der Waals surface area (Å²) in [6.07, 6.45) is 0. The van der Waals surface area contributed by atoms with E-state index in [1.54, 1.807) is 0 Å². The lowest BCUT2D eigenvalue weighted by atomic mass is 10.2. The highest BCUT2D eigenvalue weighted by Crippen LogP contribution is 2.20. The highest BCUT2D eigenvalue weighted by Gasteiger charge is 2.17. The second-order valence-corrected chi connectivity index (χ2v) is 6.07. The number of hydrogen-bond acceptors (Lipinski definition) is 7. The van der Waals surface area contributed by atoms with Crippen molar-refractivity contribution in [2.45, 2.75) is 12.1 Å². The van der Waals surface area contributed by atoms with Gasteiger partial charge in [0, 0.05) is 12.5 Å². The molecule has 1 heterocycles. The van der Waals surface area contributed by atoms with Crippen LogP contribution in [0.1, 0.15) is 17.3 Å². The van der Waals surface area contributed by atoms with Crippen molar-refractivity contribution in [3.05, 3.63) is 46.0 Å². The van der Waals surface area contributed by atoms with Gasteiger partial charge in [0.2, 0.25) is 5.91 Å². The van der Waals surface area contributed by atoms with Crippen LogP contribution in [-0.4, -0.2) is 40.6 Å². The second kappa shape index (κ2) is 8.94. The predicted octanol–water partition coefficient (Wildman–Crippen LogP) is 1.38. The number of halogens is 1. The number of thioether (sulfide) groups is 1. The first-order valence-electron chi connectivity index (χ1n) is 7.48. The van der Waals surface area contributed by atoms with E-state index in [0.29, 0.717) is 0 Å². The molecule has 0 bridgehead atoms. The third-order valence-electron chi connectivity index (χ3n) is 3.09. The highest BCUT2D eigenvalue weighted by molar-refractivity contribution is 7.99. The average Bonchev–Trinajstić information content (AvgIpc) is 2.62. The largest absolute Gasteiger partial charge is 0.468 e. The van der Waals surface area contributed by atoms with E-state index in [2.05, 4.69) is 25.3 Å². The Balaban J connectivity index is 2.31. The molecule has 0 aliphatic carbocycles. The third kappa shape index (κ3) is 5.64. The Morgan fingerprint density at radius 1 is 1.22 bits per heavy atom. The molecule has 0 aliphatic rings. The van der Waals surface area contributed by atoms with Crippen LogP contribution in [0.25, 0.3) is 0 Å². The van der Waals surface area contributed by atoms with E-state index < -0.39 is 29.2 Å². The number of hydrogen-bond donors (Lipinski definition) is 3. The number of nitrogens with one attached hydrogen (secondary N) is 3. The fourth-order valence-corrected chi connectivity index (χ4v) is 2.56. The number of anilines is 2. The van der Waals surface area contributed by atoms with Gasteiger partial charge in [-0.05, 0) is 24.3 Å². The number of carbonyl (C=O) groups excluding carboxylic acids is 3. The summed E-state index contributed by atoms with van der Waals surface area (Å²) in [5.41, 5.74) is -0.924. The summed E-state index contributed by atoms with van der Waals surface area (Å²) in [6.45, 7) is 1.20. The van der Waals surface area contributed by atoms with Crippen LogP contribution in [0.5, 0.6) is 0 Å². The molecule has 0 atom stereocenters. The third-order valence-corrected chi connectivity index (χ3v) is 3.94. The molecule has 0 saturated heterocycles. The van der Waals surface area contributed by atoms with Gasteiger partial charge in [-0.2, -0.15) is 0 Å². The van der Waals surface area contributed by atoms with Gasteiger partial charge in [-0.3, -0.25) is 24.2 Å². The lowest BCUT2D eigenvalue weighted by Gasteiger charge is -2.11. The zero-order chi connectivity index (χ0) is 20.0. The summed E-state index contributed by atoms with van der Waals surface area (Å²) in [7, 11) is 1.22. The van der Waals surface area contributed by atoms with Gasteiger partial charge in [0.05, 0.1) is 12.9 Å². The van der Waals surface area contributed by atoms with Crippen LogP contribution < -0.4 is 16.2 Å². The fraction of sp³-hybridized carbons (Fsp3) is 0.188. The second-order valence-electron chi connectivity index (χ2n) is 5.10. The first-order chi connectivity index (χ1) is 12.8. The number of aromatic nitrogens is 2. The number of carbonyl (C=O) groups is 3. The normalized spacial score (nSPS) is 10.2. The van der Waals surface area contributed by atoms with Crippen LogP contribution in [-0.2, 0) is 14.3 Å². The molecular weight excluding hydrogens is 379 g/mol. The maximum absolute atomic E-state index is 13.0. The number of nitrogens with zero attached hydrogens (tertiary/aromatic N) is 1. The number of esters is 1. The van der Waals surface area contributed by atoms with E-state index in [-0.39, 0.29) is 28.0 Å². The molecular formula is C16H15FN4O5S. The van der Waals surface area contributed by atoms with Gasteiger partial charge >= 0.3 is 5.97 Å². The number of ether oxygens (including phenoxy) is 1. The Morgan fingerprint density at radius 2 is 1.89 bits per heavy atom. The summed E-state index contributed by atoms with van der Waals surface area (Å²) >= 11 is 0.887. The predicted molar refractivity (Wildman–Crippen MR) is 96.3 cm³/mol. The Kier molecular flexibility index (Phi) is 6.66. The molecule has 2 rings (SSSR count). The molecule has 3 N–H and O–H groups in total. The van der Waals surface area contributed by atoms with Crippen LogP contribution in [0, 0.1) is 5.82 Å². The van der Waals surface area contributed by atoms with Crippen molar-refractivity contribution in [3.8, 4) is 0 Å². The molecule has 0 spiro atoms. The number of benzene rings is 1. The fourth-order valence-electron chi connectivity index (χ4n) is 1.87. The van der Waals surface area contributed by atoms with Crippen LogP contribution in [0.3, 0.4) is 0 Å². The minimum atomic E-state index is -0.739. The van der Waals surface area contributed by atoms with Crippen molar-refractivity contribution >= 4 is 41.1 Å². The topological polar surface area (TPSA) is 130 Å². The number of aromatic amines is 1. The molecule has 11 heteroatoms. The zero-order valence-corrected chi connectivity index (χ0v) is 15.1. The van der Waals surface area contributed by atoms with Crippen molar-refractivity contribution in [2.24, 2.45) is 0 Å². The first kappa shape index (κ1) is 20.1. The van der Waals surface area contributed by atoms with Gasteiger partial charge in [0.1, 0.15) is 5.82 Å². The van der Waals surface area contributed by atoms with Gasteiger partial charge in [-0.25, -0.2) is 9.37 Å². The smallest absolute Gasteiger partial charge is 0.316 e. The standard InChI is InChI=1S/C16H15FN4O5S/c1-8(22)18-13-12(19-14(24)9-3-5-10(17)6-4-9)15(25)21-16(20-13)27-7-11(23)26-2/h3-6H,7H2,1-2H3,(H,19,24)(H2,18,20,21,22,25). The molecule has 2 aromatic rings. The molecule has 0 saturated carbocycles. The molecule has 9 nitrogen and oxygen atoms in total. The van der Waals surface area contributed by atoms with Gasteiger partial charge in [0.25, 0.3) is 11.5 Å². The Morgan fingerprint density at radius 3 is 2.48 bits per heavy atom. The molecule has 2 amide bonds. The molecule has 0 fully saturated rings. The summed E-state index contributed by atoms with van der Waals surface area (Å²) in [5.74, 6) is -2.55.